The van der Waals surface area contributed by atoms with Gasteiger partial charge in [0.25, 0.3) is 0 Å². The molecule has 0 aliphatic heterocycles. The lowest BCUT2D eigenvalue weighted by Crippen LogP contribution is -2.37. The van der Waals surface area contributed by atoms with E-state index in [2.05, 4.69) is 0 Å². The van der Waals surface area contributed by atoms with Gasteiger partial charge < -0.3 is 4.90 Å². The molecule has 0 fully saturated rings. The molecular weight excluding hydrogens is 240 g/mol. The largest absolute Gasteiger partial charge is 0.343 e. The Balaban J connectivity index is 4.36. The molecule has 0 aromatic rings. The van der Waals surface area contributed by atoms with Gasteiger partial charge in [-0.2, -0.15) is 0 Å². The smallest absolute Gasteiger partial charge is 0.223 e. The van der Waals surface area contributed by atoms with Gasteiger partial charge >= 0.3 is 0 Å². The summed E-state index contributed by atoms with van der Waals surface area (Å²) in [5.41, 5.74) is 0. The first kappa shape index (κ1) is 16.4. The highest BCUT2D eigenvalue weighted by Crippen LogP contribution is 2.03. The van der Waals surface area contributed by atoms with E-state index in [9.17, 15) is 13.2 Å². The first-order valence-electron chi connectivity index (χ1n) is 6.09. The van der Waals surface area contributed by atoms with E-state index in [0.29, 0.717) is 19.6 Å². The number of amides is 1. The summed E-state index contributed by atoms with van der Waals surface area (Å²) in [4.78, 5) is 13.5. The quantitative estimate of drug-likeness (QED) is 0.655. The molecule has 102 valence electrons. The van der Waals surface area contributed by atoms with Crippen LogP contribution in [0, 0.1) is 0 Å². The summed E-state index contributed by atoms with van der Waals surface area (Å²) < 4.78 is 24.3. The number of hydrogen-bond acceptors (Lipinski definition) is 3. The zero-order valence-electron chi connectivity index (χ0n) is 11.3. The van der Waals surface area contributed by atoms with Crippen LogP contribution >= 0.6 is 0 Å². The monoisotopic (exact) mass is 264 g/mol. The van der Waals surface area contributed by atoms with Crippen LogP contribution in [0.5, 0.6) is 0 Å². The van der Waals surface area contributed by atoms with Crippen LogP contribution in [-0.4, -0.2) is 56.0 Å². The summed E-state index contributed by atoms with van der Waals surface area (Å²) in [5, 5.41) is 0. The molecule has 0 rings (SSSR count). The third kappa shape index (κ3) is 6.02. The normalized spacial score (nSPS) is 11.8. The predicted molar refractivity (Wildman–Crippen MR) is 69.3 cm³/mol. The van der Waals surface area contributed by atoms with Crippen molar-refractivity contribution in [2.75, 3.05) is 32.4 Å². The standard InChI is InChI=1S/C11H24N2O3S/c1-5-9-13(17(4,15)16)10-8-11(14)12(6-2)7-3/h5-10H2,1-4H3. The van der Waals surface area contributed by atoms with Gasteiger partial charge in [0.15, 0.2) is 0 Å². The molecule has 0 atom stereocenters. The van der Waals surface area contributed by atoms with Gasteiger partial charge in [-0.05, 0) is 20.3 Å². The number of rotatable bonds is 8. The second-order valence-electron chi connectivity index (χ2n) is 3.98. The molecular formula is C11H24N2O3S. The molecule has 0 aromatic carbocycles. The number of nitrogens with zero attached hydrogens (tertiary/aromatic N) is 2. The Labute approximate surface area is 105 Å². The van der Waals surface area contributed by atoms with Crippen molar-refractivity contribution < 1.29 is 13.2 Å². The summed E-state index contributed by atoms with van der Waals surface area (Å²) >= 11 is 0. The van der Waals surface area contributed by atoms with E-state index in [1.54, 1.807) is 4.90 Å². The Morgan fingerprint density at radius 2 is 1.59 bits per heavy atom. The van der Waals surface area contributed by atoms with E-state index >= 15 is 0 Å². The molecule has 1 amide bonds. The summed E-state index contributed by atoms with van der Waals surface area (Å²) in [7, 11) is -3.20. The van der Waals surface area contributed by atoms with E-state index in [0.717, 1.165) is 6.42 Å². The fraction of sp³-hybridized carbons (Fsp3) is 0.909. The van der Waals surface area contributed by atoms with E-state index in [4.69, 9.17) is 0 Å². The van der Waals surface area contributed by atoms with Crippen molar-refractivity contribution in [1.82, 2.24) is 9.21 Å². The first-order chi connectivity index (χ1) is 7.86. The van der Waals surface area contributed by atoms with Crippen LogP contribution < -0.4 is 0 Å². The van der Waals surface area contributed by atoms with Crippen molar-refractivity contribution in [2.24, 2.45) is 0 Å². The number of carbonyl (C=O) groups excluding carboxylic acids is 1. The SMILES string of the molecule is CCCN(CCC(=O)N(CC)CC)S(C)(=O)=O. The molecule has 0 saturated heterocycles. The molecule has 6 heteroatoms. The van der Waals surface area contributed by atoms with Crippen LogP contribution in [-0.2, 0) is 14.8 Å². The van der Waals surface area contributed by atoms with Crippen LogP contribution in [0.4, 0.5) is 0 Å². The highest BCUT2D eigenvalue weighted by molar-refractivity contribution is 7.88. The lowest BCUT2D eigenvalue weighted by molar-refractivity contribution is -0.130. The molecule has 0 aromatic heterocycles. The first-order valence-corrected chi connectivity index (χ1v) is 7.94. The molecule has 0 heterocycles. The summed E-state index contributed by atoms with van der Waals surface area (Å²) in [6.45, 7) is 7.85. The van der Waals surface area contributed by atoms with Gasteiger partial charge in [-0.15, -0.1) is 0 Å². The number of sulfonamides is 1. The van der Waals surface area contributed by atoms with Gasteiger partial charge in [0, 0.05) is 32.6 Å². The third-order valence-electron chi connectivity index (χ3n) is 2.63. The van der Waals surface area contributed by atoms with Gasteiger partial charge in [-0.1, -0.05) is 6.92 Å². The summed E-state index contributed by atoms with van der Waals surface area (Å²) in [6, 6.07) is 0. The average Bonchev–Trinajstić information content (AvgIpc) is 2.24. The Morgan fingerprint density at radius 3 is 1.94 bits per heavy atom. The fourth-order valence-electron chi connectivity index (χ4n) is 1.65. The van der Waals surface area contributed by atoms with Crippen molar-refractivity contribution in [3.8, 4) is 0 Å². The minimum absolute atomic E-state index is 0.0137. The molecule has 0 unspecified atom stereocenters. The van der Waals surface area contributed by atoms with Gasteiger partial charge in [-0.25, -0.2) is 12.7 Å². The van der Waals surface area contributed by atoms with E-state index < -0.39 is 10.0 Å². The van der Waals surface area contributed by atoms with Crippen LogP contribution in [0.25, 0.3) is 0 Å². The minimum atomic E-state index is -3.20. The molecule has 17 heavy (non-hydrogen) atoms. The number of hydrogen-bond donors (Lipinski definition) is 0. The zero-order chi connectivity index (χ0) is 13.5. The van der Waals surface area contributed by atoms with Gasteiger partial charge in [0.1, 0.15) is 0 Å². The van der Waals surface area contributed by atoms with E-state index in [-0.39, 0.29) is 18.9 Å². The van der Waals surface area contributed by atoms with Crippen LogP contribution in [0.15, 0.2) is 0 Å². The third-order valence-corrected chi connectivity index (χ3v) is 3.94. The van der Waals surface area contributed by atoms with Crippen molar-refractivity contribution in [1.29, 1.82) is 0 Å². The van der Waals surface area contributed by atoms with Crippen LogP contribution in [0.1, 0.15) is 33.6 Å². The minimum Gasteiger partial charge on any atom is -0.343 e. The van der Waals surface area contributed by atoms with Gasteiger partial charge in [0.2, 0.25) is 15.9 Å². The van der Waals surface area contributed by atoms with Crippen molar-refractivity contribution in [2.45, 2.75) is 33.6 Å². The van der Waals surface area contributed by atoms with Crippen LogP contribution in [0.2, 0.25) is 0 Å². The fourth-order valence-corrected chi connectivity index (χ4v) is 2.58. The molecule has 0 aliphatic carbocycles. The van der Waals surface area contributed by atoms with Crippen molar-refractivity contribution >= 4 is 15.9 Å². The maximum absolute atomic E-state index is 11.7. The van der Waals surface area contributed by atoms with Crippen LogP contribution in [0.3, 0.4) is 0 Å². The number of carbonyl (C=O) groups is 1. The lowest BCUT2D eigenvalue weighted by Gasteiger charge is -2.22. The molecule has 0 bridgehead atoms. The van der Waals surface area contributed by atoms with E-state index in [1.165, 1.54) is 10.6 Å². The molecule has 5 nitrogen and oxygen atoms in total. The zero-order valence-corrected chi connectivity index (χ0v) is 12.1. The van der Waals surface area contributed by atoms with Crippen molar-refractivity contribution in [3.63, 3.8) is 0 Å². The Hall–Kier alpha value is -0.620. The second-order valence-corrected chi connectivity index (χ2v) is 5.96. The Morgan fingerprint density at radius 1 is 1.06 bits per heavy atom. The predicted octanol–water partition coefficient (Wildman–Crippen LogP) is 0.917. The Kier molecular flexibility index (Phi) is 7.38. The molecule has 0 saturated carbocycles. The maximum atomic E-state index is 11.7. The summed E-state index contributed by atoms with van der Waals surface area (Å²) in [6.07, 6.45) is 2.20. The molecule has 0 spiro atoms. The van der Waals surface area contributed by atoms with Crippen molar-refractivity contribution in [3.05, 3.63) is 0 Å². The van der Waals surface area contributed by atoms with Gasteiger partial charge in [-0.3, -0.25) is 4.79 Å². The average molecular weight is 264 g/mol. The highest BCUT2D eigenvalue weighted by atomic mass is 32.2. The highest BCUT2D eigenvalue weighted by Gasteiger charge is 2.18. The van der Waals surface area contributed by atoms with E-state index in [1.807, 2.05) is 20.8 Å². The summed E-state index contributed by atoms with van der Waals surface area (Å²) in [5.74, 6) is 0.0137. The molecule has 0 N–H and O–H groups in total. The van der Waals surface area contributed by atoms with Gasteiger partial charge in [0.05, 0.1) is 6.26 Å². The topological polar surface area (TPSA) is 57.7 Å². The second kappa shape index (κ2) is 7.66. The lowest BCUT2D eigenvalue weighted by atomic mass is 10.3. The Bertz CT molecular complexity index is 324. The molecule has 0 aliphatic rings. The maximum Gasteiger partial charge on any atom is 0.223 e. The molecule has 0 radical (unpaired) electrons.